The molecule has 6 rings (SSSR count). The third-order valence-electron chi connectivity index (χ3n) is 2.78. The molecule has 4 heterocycles. The van der Waals surface area contributed by atoms with Gasteiger partial charge in [0.25, 0.3) is 0 Å². The molecule has 2 nitrogen and oxygen atoms in total. The highest BCUT2D eigenvalue weighted by Crippen LogP contribution is 2.26. The highest BCUT2D eigenvalue weighted by Gasteiger charge is 2.08. The van der Waals surface area contributed by atoms with Crippen LogP contribution in [0.3, 0.4) is 0 Å². The van der Waals surface area contributed by atoms with Crippen molar-refractivity contribution in [1.29, 1.82) is 0 Å². The molecule has 15 heavy (non-hydrogen) atoms. The summed E-state index contributed by atoms with van der Waals surface area (Å²) in [5.74, 6) is 0. The standard InChI is InChI=1S/C13H11NO/c15-14-9-10-1-3-11(4-2-10)12-5-7-13(14)8-6-12/h1-8,15H,9H2. The van der Waals surface area contributed by atoms with Gasteiger partial charge in [-0.2, -0.15) is 0 Å². The number of rotatable bonds is 0. The molecular formula is C13H11NO. The van der Waals surface area contributed by atoms with Crippen LogP contribution in [0.1, 0.15) is 5.56 Å². The summed E-state index contributed by atoms with van der Waals surface area (Å²) in [6, 6.07) is 16.2. The maximum absolute atomic E-state index is 9.82. The summed E-state index contributed by atoms with van der Waals surface area (Å²) in [4.78, 5) is 0. The van der Waals surface area contributed by atoms with Crippen LogP contribution in [0.15, 0.2) is 48.5 Å². The summed E-state index contributed by atoms with van der Waals surface area (Å²) in [5.41, 5.74) is 4.35. The van der Waals surface area contributed by atoms with Crippen LogP contribution in [-0.4, -0.2) is 5.21 Å². The van der Waals surface area contributed by atoms with Gasteiger partial charge in [-0.05, 0) is 28.8 Å². The quantitative estimate of drug-likeness (QED) is 0.701. The molecule has 74 valence electrons. The Bertz CT molecular complexity index is 473. The van der Waals surface area contributed by atoms with Gasteiger partial charge in [-0.15, -0.1) is 0 Å². The van der Waals surface area contributed by atoms with Crippen LogP contribution < -0.4 is 5.06 Å². The Morgan fingerprint density at radius 3 is 1.93 bits per heavy atom. The van der Waals surface area contributed by atoms with Gasteiger partial charge in [0.05, 0.1) is 12.2 Å². The van der Waals surface area contributed by atoms with E-state index in [0.717, 1.165) is 11.3 Å². The van der Waals surface area contributed by atoms with Gasteiger partial charge in [-0.25, -0.2) is 0 Å². The Morgan fingerprint density at radius 1 is 0.800 bits per heavy atom. The number of hydroxylamine groups is 1. The van der Waals surface area contributed by atoms with Crippen molar-refractivity contribution in [2.45, 2.75) is 6.54 Å². The maximum atomic E-state index is 9.82. The molecule has 0 unspecified atom stereocenters. The highest BCUT2D eigenvalue weighted by atomic mass is 16.5. The molecule has 4 aliphatic rings. The number of hydrogen-bond donors (Lipinski definition) is 1. The summed E-state index contributed by atoms with van der Waals surface area (Å²) < 4.78 is 0. The first kappa shape index (κ1) is 8.50. The molecule has 0 saturated heterocycles. The number of nitrogens with zero attached hydrogens (tertiary/aromatic N) is 1. The van der Waals surface area contributed by atoms with Crippen LogP contribution >= 0.6 is 0 Å². The molecule has 0 atom stereocenters. The normalized spacial score (nSPS) is 13.3. The van der Waals surface area contributed by atoms with Crippen molar-refractivity contribution in [3.63, 3.8) is 0 Å². The minimum absolute atomic E-state index is 0.527. The predicted molar refractivity (Wildman–Crippen MR) is 59.8 cm³/mol. The second kappa shape index (κ2) is 3.11. The van der Waals surface area contributed by atoms with Gasteiger partial charge in [0.15, 0.2) is 0 Å². The molecule has 0 fully saturated rings. The zero-order chi connectivity index (χ0) is 10.3. The Morgan fingerprint density at radius 2 is 1.33 bits per heavy atom. The monoisotopic (exact) mass is 197 g/mol. The summed E-state index contributed by atoms with van der Waals surface area (Å²) in [5, 5.41) is 11.1. The minimum Gasteiger partial charge on any atom is -0.288 e. The van der Waals surface area contributed by atoms with Crippen molar-refractivity contribution in [2.24, 2.45) is 0 Å². The number of hydrogen-bond acceptors (Lipinski definition) is 2. The van der Waals surface area contributed by atoms with Crippen molar-refractivity contribution in [2.75, 3.05) is 5.06 Å². The fourth-order valence-electron chi connectivity index (χ4n) is 1.89. The molecule has 2 aromatic carbocycles. The minimum atomic E-state index is 0.527. The van der Waals surface area contributed by atoms with Crippen molar-refractivity contribution < 1.29 is 5.21 Å². The Balaban J connectivity index is 2.26. The van der Waals surface area contributed by atoms with E-state index in [2.05, 4.69) is 24.3 Å². The van der Waals surface area contributed by atoms with E-state index < -0.39 is 0 Å². The smallest absolute Gasteiger partial charge is 0.0703 e. The van der Waals surface area contributed by atoms with Gasteiger partial charge >= 0.3 is 0 Å². The summed E-state index contributed by atoms with van der Waals surface area (Å²) in [7, 11) is 0. The van der Waals surface area contributed by atoms with E-state index in [0.29, 0.717) is 6.54 Å². The third-order valence-corrected chi connectivity index (χ3v) is 2.78. The highest BCUT2D eigenvalue weighted by molar-refractivity contribution is 5.67. The molecule has 2 heteroatoms. The van der Waals surface area contributed by atoms with E-state index in [9.17, 15) is 5.21 Å². The van der Waals surface area contributed by atoms with E-state index >= 15 is 0 Å². The molecule has 4 aliphatic heterocycles. The first-order valence-electron chi connectivity index (χ1n) is 4.99. The van der Waals surface area contributed by atoms with Crippen LogP contribution in [0.5, 0.6) is 0 Å². The van der Waals surface area contributed by atoms with Crippen LogP contribution in [-0.2, 0) is 6.54 Å². The van der Waals surface area contributed by atoms with Crippen LogP contribution in [0.2, 0.25) is 0 Å². The molecule has 0 aromatic heterocycles. The zero-order valence-electron chi connectivity index (χ0n) is 8.22. The largest absolute Gasteiger partial charge is 0.288 e. The van der Waals surface area contributed by atoms with E-state index in [4.69, 9.17) is 0 Å². The van der Waals surface area contributed by atoms with Crippen molar-refractivity contribution >= 4 is 5.69 Å². The van der Waals surface area contributed by atoms with E-state index in [1.165, 1.54) is 16.2 Å². The van der Waals surface area contributed by atoms with Gasteiger partial charge < -0.3 is 0 Å². The first-order valence-corrected chi connectivity index (χ1v) is 4.99. The summed E-state index contributed by atoms with van der Waals surface area (Å²) in [6.45, 7) is 0.527. The fraction of sp³-hybridized carbons (Fsp3) is 0.0769. The molecule has 0 saturated carbocycles. The molecule has 1 N–H and O–H groups in total. The fourth-order valence-corrected chi connectivity index (χ4v) is 1.89. The summed E-state index contributed by atoms with van der Waals surface area (Å²) in [6.07, 6.45) is 0. The van der Waals surface area contributed by atoms with E-state index in [-0.39, 0.29) is 0 Å². The van der Waals surface area contributed by atoms with Crippen LogP contribution in [0.4, 0.5) is 5.69 Å². The topological polar surface area (TPSA) is 23.5 Å². The number of benzene rings is 2. The third kappa shape index (κ3) is 1.39. The van der Waals surface area contributed by atoms with Crippen molar-refractivity contribution in [1.82, 2.24) is 0 Å². The lowest BCUT2D eigenvalue weighted by Crippen LogP contribution is -2.17. The number of anilines is 1. The molecule has 0 aliphatic carbocycles. The average molecular weight is 197 g/mol. The molecule has 4 bridgehead atoms. The van der Waals surface area contributed by atoms with Crippen LogP contribution in [0.25, 0.3) is 11.1 Å². The van der Waals surface area contributed by atoms with Gasteiger partial charge in [0.2, 0.25) is 0 Å². The van der Waals surface area contributed by atoms with Gasteiger partial charge in [0, 0.05) is 0 Å². The SMILES string of the molecule is ON1Cc2ccc(cc2)-c2ccc1cc2. The lowest BCUT2D eigenvalue weighted by Gasteiger charge is -2.19. The van der Waals surface area contributed by atoms with Gasteiger partial charge in [-0.3, -0.25) is 10.3 Å². The molecular weight excluding hydrogens is 186 g/mol. The molecule has 0 amide bonds. The predicted octanol–water partition coefficient (Wildman–Crippen LogP) is 3.06. The summed E-state index contributed by atoms with van der Waals surface area (Å²) >= 11 is 0. The lowest BCUT2D eigenvalue weighted by molar-refractivity contribution is 0.250. The second-order valence-electron chi connectivity index (χ2n) is 3.80. The molecule has 0 spiro atoms. The molecule has 2 aromatic rings. The van der Waals surface area contributed by atoms with E-state index in [1.807, 2.05) is 24.3 Å². The Labute approximate surface area is 88.4 Å². The Hall–Kier alpha value is -1.80. The first-order chi connectivity index (χ1) is 7.33. The molecule has 0 radical (unpaired) electrons. The van der Waals surface area contributed by atoms with E-state index in [1.54, 1.807) is 0 Å². The van der Waals surface area contributed by atoms with Crippen molar-refractivity contribution in [3.8, 4) is 11.1 Å². The second-order valence-corrected chi connectivity index (χ2v) is 3.80. The maximum Gasteiger partial charge on any atom is 0.0703 e. The van der Waals surface area contributed by atoms with Crippen molar-refractivity contribution in [3.05, 3.63) is 54.1 Å². The van der Waals surface area contributed by atoms with Gasteiger partial charge in [0.1, 0.15) is 0 Å². The lowest BCUT2D eigenvalue weighted by atomic mass is 10.0. The Kier molecular flexibility index (Phi) is 1.76. The van der Waals surface area contributed by atoms with Gasteiger partial charge in [-0.1, -0.05) is 36.4 Å². The average Bonchev–Trinajstić information content (AvgIpc) is 2.31. The zero-order valence-corrected chi connectivity index (χ0v) is 8.22. The van der Waals surface area contributed by atoms with Crippen LogP contribution in [0, 0.1) is 0 Å².